The summed E-state index contributed by atoms with van der Waals surface area (Å²) >= 11 is 0. The molecule has 0 bridgehead atoms. The molecular weight excluding hydrogens is 260 g/mol. The summed E-state index contributed by atoms with van der Waals surface area (Å²) < 4.78 is 6.62. The monoisotopic (exact) mass is 276 g/mol. The summed E-state index contributed by atoms with van der Waals surface area (Å²) in [5.74, 6) is -1.55. The number of nitrogens with one attached hydrogen (secondary N) is 1. The molecule has 0 aliphatic heterocycles. The molecule has 0 radical (unpaired) electrons. The fourth-order valence-electron chi connectivity index (χ4n) is 2.10. The van der Waals surface area contributed by atoms with Crippen molar-refractivity contribution >= 4 is 22.8 Å². The summed E-state index contributed by atoms with van der Waals surface area (Å²) in [6.07, 6.45) is 1.69. The second-order valence-electron chi connectivity index (χ2n) is 4.49. The molecule has 1 aromatic heterocycles. The van der Waals surface area contributed by atoms with Gasteiger partial charge in [0, 0.05) is 31.3 Å². The standard InChI is InChI=1S/C14H16N2O4/c1-16-7-10(9-5-3-4-6-12(9)16)13(17)15-11(8-20-2)14(18)19/h3-7,11H,8H2,1-2H3,(H,15,17)(H,18,19). The number of carbonyl (C=O) groups is 2. The molecule has 20 heavy (non-hydrogen) atoms. The molecule has 0 saturated heterocycles. The first-order valence-corrected chi connectivity index (χ1v) is 6.11. The SMILES string of the molecule is COCC(NC(=O)c1cn(C)c2ccccc12)C(=O)O. The van der Waals surface area contributed by atoms with Crippen molar-refractivity contribution in [2.24, 2.45) is 7.05 Å². The third-order valence-corrected chi connectivity index (χ3v) is 3.08. The number of carboxylic acids is 1. The highest BCUT2D eigenvalue weighted by Gasteiger charge is 2.22. The maximum atomic E-state index is 12.2. The number of para-hydroxylation sites is 1. The molecule has 1 unspecified atom stereocenters. The lowest BCUT2D eigenvalue weighted by molar-refractivity contribution is -0.140. The van der Waals surface area contributed by atoms with Crippen LogP contribution in [0.3, 0.4) is 0 Å². The van der Waals surface area contributed by atoms with Gasteiger partial charge in [0.1, 0.15) is 0 Å². The van der Waals surface area contributed by atoms with Gasteiger partial charge in [0.05, 0.1) is 12.2 Å². The van der Waals surface area contributed by atoms with E-state index in [0.717, 1.165) is 10.9 Å². The van der Waals surface area contributed by atoms with E-state index in [1.165, 1.54) is 7.11 Å². The Labute approximate surface area is 116 Å². The number of benzene rings is 1. The molecule has 1 amide bonds. The van der Waals surface area contributed by atoms with E-state index in [1.54, 1.807) is 6.20 Å². The van der Waals surface area contributed by atoms with Crippen molar-refractivity contribution in [1.29, 1.82) is 0 Å². The number of aryl methyl sites for hydroxylation is 1. The lowest BCUT2D eigenvalue weighted by atomic mass is 10.1. The topological polar surface area (TPSA) is 80.6 Å². The maximum Gasteiger partial charge on any atom is 0.328 e. The molecule has 2 rings (SSSR count). The minimum absolute atomic E-state index is 0.0775. The van der Waals surface area contributed by atoms with Crippen molar-refractivity contribution < 1.29 is 19.4 Å². The van der Waals surface area contributed by atoms with E-state index in [0.29, 0.717) is 5.56 Å². The summed E-state index contributed by atoms with van der Waals surface area (Å²) in [6.45, 7) is -0.0775. The Bertz CT molecular complexity index is 648. The predicted molar refractivity (Wildman–Crippen MR) is 73.7 cm³/mol. The summed E-state index contributed by atoms with van der Waals surface area (Å²) in [7, 11) is 3.23. The summed E-state index contributed by atoms with van der Waals surface area (Å²) in [5.41, 5.74) is 1.36. The average Bonchev–Trinajstić information content (AvgIpc) is 2.76. The van der Waals surface area contributed by atoms with Crippen LogP contribution < -0.4 is 5.32 Å². The largest absolute Gasteiger partial charge is 0.480 e. The van der Waals surface area contributed by atoms with Gasteiger partial charge >= 0.3 is 5.97 Å². The lowest BCUT2D eigenvalue weighted by Crippen LogP contribution is -2.43. The predicted octanol–water partition coefficient (Wildman–Crippen LogP) is 1.01. The Morgan fingerprint density at radius 2 is 2.10 bits per heavy atom. The Balaban J connectivity index is 2.29. The number of carbonyl (C=O) groups excluding carboxylic acids is 1. The minimum atomic E-state index is -1.12. The van der Waals surface area contributed by atoms with Crippen molar-refractivity contribution in [3.63, 3.8) is 0 Å². The molecule has 6 heteroatoms. The number of aliphatic carboxylic acids is 1. The van der Waals surface area contributed by atoms with Crippen LogP contribution in [0.4, 0.5) is 0 Å². The van der Waals surface area contributed by atoms with Crippen LogP contribution in [0.2, 0.25) is 0 Å². The molecule has 2 aromatic rings. The number of fused-ring (bicyclic) bond motifs is 1. The molecule has 106 valence electrons. The smallest absolute Gasteiger partial charge is 0.328 e. The van der Waals surface area contributed by atoms with E-state index in [9.17, 15) is 9.59 Å². The summed E-state index contributed by atoms with van der Waals surface area (Å²) in [4.78, 5) is 23.2. The van der Waals surface area contributed by atoms with Gasteiger partial charge in [0.25, 0.3) is 5.91 Å². The highest BCUT2D eigenvalue weighted by Crippen LogP contribution is 2.20. The van der Waals surface area contributed by atoms with Crippen molar-refractivity contribution in [3.05, 3.63) is 36.0 Å². The summed E-state index contributed by atoms with van der Waals surface area (Å²) in [5, 5.41) is 12.3. The zero-order valence-corrected chi connectivity index (χ0v) is 11.3. The quantitative estimate of drug-likeness (QED) is 0.854. The van der Waals surface area contributed by atoms with Gasteiger partial charge in [-0.15, -0.1) is 0 Å². The summed E-state index contributed by atoms with van der Waals surface area (Å²) in [6, 6.07) is 6.39. The number of methoxy groups -OCH3 is 1. The molecule has 0 aliphatic carbocycles. The molecule has 0 spiro atoms. The van der Waals surface area contributed by atoms with Gasteiger partial charge in [-0.2, -0.15) is 0 Å². The number of carboxylic acid groups (broad SMARTS) is 1. The van der Waals surface area contributed by atoms with Crippen molar-refractivity contribution in [3.8, 4) is 0 Å². The third kappa shape index (κ3) is 2.65. The number of ether oxygens (including phenoxy) is 1. The maximum absolute atomic E-state index is 12.2. The number of amides is 1. The van der Waals surface area contributed by atoms with Crippen molar-refractivity contribution in [2.45, 2.75) is 6.04 Å². The second-order valence-corrected chi connectivity index (χ2v) is 4.49. The van der Waals surface area contributed by atoms with Gasteiger partial charge in [-0.05, 0) is 6.07 Å². The van der Waals surface area contributed by atoms with Crippen LogP contribution in [0.1, 0.15) is 10.4 Å². The molecule has 1 atom stereocenters. The van der Waals surface area contributed by atoms with E-state index >= 15 is 0 Å². The molecule has 2 N–H and O–H groups in total. The van der Waals surface area contributed by atoms with E-state index in [2.05, 4.69) is 5.32 Å². The van der Waals surface area contributed by atoms with E-state index < -0.39 is 17.9 Å². The van der Waals surface area contributed by atoms with Gasteiger partial charge in [-0.1, -0.05) is 18.2 Å². The Morgan fingerprint density at radius 1 is 1.40 bits per heavy atom. The highest BCUT2D eigenvalue weighted by molar-refractivity contribution is 6.07. The van der Waals surface area contributed by atoms with Gasteiger partial charge in [-0.3, -0.25) is 4.79 Å². The molecular formula is C14H16N2O4. The molecule has 1 heterocycles. The first-order chi connectivity index (χ1) is 9.54. The van der Waals surface area contributed by atoms with Gasteiger partial charge in [0.2, 0.25) is 0 Å². The number of hydrogen-bond acceptors (Lipinski definition) is 3. The normalized spacial score (nSPS) is 12.3. The van der Waals surface area contributed by atoms with E-state index in [1.807, 2.05) is 35.9 Å². The van der Waals surface area contributed by atoms with Gasteiger partial charge in [-0.25, -0.2) is 4.79 Å². The first kappa shape index (κ1) is 14.1. The number of nitrogens with zero attached hydrogens (tertiary/aromatic N) is 1. The number of aromatic nitrogens is 1. The van der Waals surface area contributed by atoms with E-state index in [-0.39, 0.29) is 6.61 Å². The fraction of sp³-hybridized carbons (Fsp3) is 0.286. The minimum Gasteiger partial charge on any atom is -0.480 e. The number of hydrogen-bond donors (Lipinski definition) is 2. The van der Waals surface area contributed by atoms with Crippen LogP contribution in [-0.4, -0.2) is 41.3 Å². The Morgan fingerprint density at radius 3 is 2.75 bits per heavy atom. The number of rotatable bonds is 5. The molecule has 0 saturated carbocycles. The highest BCUT2D eigenvalue weighted by atomic mass is 16.5. The Hall–Kier alpha value is -2.34. The molecule has 1 aromatic carbocycles. The van der Waals surface area contributed by atoms with Crippen LogP contribution in [0.25, 0.3) is 10.9 Å². The molecule has 0 fully saturated rings. The second kappa shape index (κ2) is 5.75. The lowest BCUT2D eigenvalue weighted by Gasteiger charge is -2.12. The fourth-order valence-corrected chi connectivity index (χ4v) is 2.10. The molecule has 6 nitrogen and oxygen atoms in total. The van der Waals surface area contributed by atoms with Crippen molar-refractivity contribution in [1.82, 2.24) is 9.88 Å². The van der Waals surface area contributed by atoms with Crippen LogP contribution in [-0.2, 0) is 16.6 Å². The Kier molecular flexibility index (Phi) is 4.05. The third-order valence-electron chi connectivity index (χ3n) is 3.08. The first-order valence-electron chi connectivity index (χ1n) is 6.11. The zero-order chi connectivity index (χ0) is 14.7. The van der Waals surface area contributed by atoms with Crippen LogP contribution in [0, 0.1) is 0 Å². The van der Waals surface area contributed by atoms with Gasteiger partial charge < -0.3 is 19.7 Å². The van der Waals surface area contributed by atoms with Crippen molar-refractivity contribution in [2.75, 3.05) is 13.7 Å². The van der Waals surface area contributed by atoms with E-state index in [4.69, 9.17) is 9.84 Å². The van der Waals surface area contributed by atoms with Crippen LogP contribution >= 0.6 is 0 Å². The zero-order valence-electron chi connectivity index (χ0n) is 11.3. The molecule has 0 aliphatic rings. The average molecular weight is 276 g/mol. The van der Waals surface area contributed by atoms with Gasteiger partial charge in [0.15, 0.2) is 6.04 Å². The van der Waals surface area contributed by atoms with Crippen LogP contribution in [0.5, 0.6) is 0 Å². The van der Waals surface area contributed by atoms with Crippen LogP contribution in [0.15, 0.2) is 30.5 Å².